The highest BCUT2D eigenvalue weighted by atomic mass is 32.1. The molecule has 0 unspecified atom stereocenters. The molecule has 25 heavy (non-hydrogen) atoms. The van der Waals surface area contributed by atoms with E-state index in [-0.39, 0.29) is 18.2 Å². The third-order valence-corrected chi connectivity index (χ3v) is 6.53. The van der Waals surface area contributed by atoms with E-state index >= 15 is 0 Å². The summed E-state index contributed by atoms with van der Waals surface area (Å²) in [5.74, 6) is -0.0118. The summed E-state index contributed by atoms with van der Waals surface area (Å²) in [5, 5.41) is 19.5. The predicted octanol–water partition coefficient (Wildman–Crippen LogP) is 3.05. The highest BCUT2D eigenvalue weighted by Gasteiger charge is 2.35. The number of aromatic hydroxyl groups is 1. The number of benzene rings is 1. The van der Waals surface area contributed by atoms with Crippen molar-refractivity contribution in [1.29, 1.82) is 0 Å². The lowest BCUT2D eigenvalue weighted by Gasteiger charge is -2.41. The van der Waals surface area contributed by atoms with Crippen molar-refractivity contribution in [2.75, 3.05) is 13.7 Å². The molecule has 3 heterocycles. The van der Waals surface area contributed by atoms with Crippen LogP contribution in [0.3, 0.4) is 0 Å². The molecule has 1 aromatic carbocycles. The Hall–Kier alpha value is -2.05. The van der Waals surface area contributed by atoms with Crippen LogP contribution in [0.2, 0.25) is 0 Å². The number of phenols is 1. The minimum absolute atomic E-state index is 0.0932. The number of hydrogen-bond acceptors (Lipinski definition) is 5. The zero-order chi connectivity index (χ0) is 17.7. The maximum absolute atomic E-state index is 11.0. The number of carbonyl (C=O) groups is 1. The quantitative estimate of drug-likeness (QED) is 0.881. The van der Waals surface area contributed by atoms with Gasteiger partial charge in [0.1, 0.15) is 0 Å². The van der Waals surface area contributed by atoms with Gasteiger partial charge in [0.2, 0.25) is 0 Å². The standard InChI is InChI=1S/C19H21NO4S/c1-10-18-11(6-15(24-2)19(10)23)3-4-20-9-12-5-13(7-17(21)22)25-16(12)8-14(18)20/h5-6,14,23H,3-4,7-9H2,1-2H3,(H,21,22)/t14-/m0/s1. The van der Waals surface area contributed by atoms with E-state index in [2.05, 4.69) is 11.0 Å². The van der Waals surface area contributed by atoms with Gasteiger partial charge in [-0.25, -0.2) is 0 Å². The number of fused-ring (bicyclic) bond motifs is 4. The van der Waals surface area contributed by atoms with Gasteiger partial charge in [0.25, 0.3) is 0 Å². The van der Waals surface area contributed by atoms with Crippen molar-refractivity contribution in [2.45, 2.75) is 38.8 Å². The minimum Gasteiger partial charge on any atom is -0.504 e. The Morgan fingerprint density at radius 2 is 2.20 bits per heavy atom. The summed E-state index contributed by atoms with van der Waals surface area (Å²) in [7, 11) is 1.58. The number of rotatable bonds is 3. The lowest BCUT2D eigenvalue weighted by atomic mass is 9.84. The van der Waals surface area contributed by atoms with Crippen LogP contribution in [-0.2, 0) is 30.6 Å². The van der Waals surface area contributed by atoms with Crippen molar-refractivity contribution < 1.29 is 19.7 Å². The molecule has 4 rings (SSSR count). The van der Waals surface area contributed by atoms with E-state index < -0.39 is 5.97 Å². The summed E-state index contributed by atoms with van der Waals surface area (Å²) < 4.78 is 5.31. The van der Waals surface area contributed by atoms with E-state index in [4.69, 9.17) is 9.84 Å². The minimum atomic E-state index is -0.783. The van der Waals surface area contributed by atoms with Crippen LogP contribution in [-0.4, -0.2) is 34.7 Å². The van der Waals surface area contributed by atoms with E-state index in [1.807, 2.05) is 13.0 Å². The lowest BCUT2D eigenvalue weighted by molar-refractivity contribution is -0.136. The summed E-state index contributed by atoms with van der Waals surface area (Å²) in [6, 6.07) is 4.26. The van der Waals surface area contributed by atoms with Gasteiger partial charge >= 0.3 is 5.97 Å². The van der Waals surface area contributed by atoms with Gasteiger partial charge in [-0.3, -0.25) is 9.69 Å². The second-order valence-electron chi connectivity index (χ2n) is 6.80. The predicted molar refractivity (Wildman–Crippen MR) is 95.6 cm³/mol. The zero-order valence-corrected chi connectivity index (χ0v) is 15.2. The number of carboxylic acids is 1. The molecule has 2 aliphatic rings. The largest absolute Gasteiger partial charge is 0.504 e. The lowest BCUT2D eigenvalue weighted by Crippen LogP contribution is -2.39. The molecule has 0 saturated carbocycles. The van der Waals surface area contributed by atoms with Crippen molar-refractivity contribution in [1.82, 2.24) is 4.90 Å². The number of thiophene rings is 1. The molecule has 0 saturated heterocycles. The number of methoxy groups -OCH3 is 1. The van der Waals surface area contributed by atoms with Crippen molar-refractivity contribution in [3.63, 3.8) is 0 Å². The van der Waals surface area contributed by atoms with E-state index in [1.54, 1.807) is 18.4 Å². The number of ether oxygens (including phenoxy) is 1. The Kier molecular flexibility index (Phi) is 3.96. The summed E-state index contributed by atoms with van der Waals surface area (Å²) >= 11 is 1.62. The summed E-state index contributed by atoms with van der Waals surface area (Å²) in [4.78, 5) is 15.6. The maximum atomic E-state index is 11.0. The maximum Gasteiger partial charge on any atom is 0.308 e. The Bertz CT molecular complexity index is 858. The Labute approximate surface area is 150 Å². The monoisotopic (exact) mass is 359 g/mol. The third-order valence-electron chi connectivity index (χ3n) is 5.33. The molecule has 132 valence electrons. The molecule has 1 aromatic heterocycles. The van der Waals surface area contributed by atoms with Gasteiger partial charge in [0.15, 0.2) is 11.5 Å². The van der Waals surface area contributed by atoms with Crippen LogP contribution in [0.4, 0.5) is 0 Å². The number of aliphatic carboxylic acids is 1. The van der Waals surface area contributed by atoms with Gasteiger partial charge in [0, 0.05) is 35.3 Å². The van der Waals surface area contributed by atoms with Gasteiger partial charge in [-0.05, 0) is 47.7 Å². The van der Waals surface area contributed by atoms with Crippen LogP contribution in [0.25, 0.3) is 0 Å². The normalized spacial score (nSPS) is 19.0. The summed E-state index contributed by atoms with van der Waals surface area (Å²) in [6.45, 7) is 3.77. The Morgan fingerprint density at radius 1 is 1.40 bits per heavy atom. The van der Waals surface area contributed by atoms with E-state index in [9.17, 15) is 9.90 Å². The summed E-state index contributed by atoms with van der Waals surface area (Å²) in [5.41, 5.74) is 4.62. The van der Waals surface area contributed by atoms with Crippen LogP contribution in [0.5, 0.6) is 11.5 Å². The van der Waals surface area contributed by atoms with Gasteiger partial charge in [0.05, 0.1) is 13.5 Å². The van der Waals surface area contributed by atoms with E-state index in [0.717, 1.165) is 36.4 Å². The topological polar surface area (TPSA) is 70.0 Å². The molecule has 6 heteroatoms. The van der Waals surface area contributed by atoms with Gasteiger partial charge < -0.3 is 14.9 Å². The number of nitrogens with zero attached hydrogens (tertiary/aromatic N) is 1. The highest BCUT2D eigenvalue weighted by molar-refractivity contribution is 7.12. The number of carboxylic acid groups (broad SMARTS) is 1. The first kappa shape index (κ1) is 16.4. The molecule has 0 aliphatic carbocycles. The van der Waals surface area contributed by atoms with E-state index in [0.29, 0.717) is 5.75 Å². The average Bonchev–Trinajstić information content (AvgIpc) is 2.95. The van der Waals surface area contributed by atoms with Gasteiger partial charge in [-0.2, -0.15) is 0 Å². The molecule has 2 aliphatic heterocycles. The van der Waals surface area contributed by atoms with E-state index in [1.165, 1.54) is 21.6 Å². The zero-order valence-electron chi connectivity index (χ0n) is 14.3. The van der Waals surface area contributed by atoms with Crippen LogP contribution >= 0.6 is 11.3 Å². The third kappa shape index (κ3) is 2.69. The van der Waals surface area contributed by atoms with Crippen LogP contribution in [0, 0.1) is 6.92 Å². The summed E-state index contributed by atoms with van der Waals surface area (Å²) in [6.07, 6.45) is 1.90. The molecule has 0 radical (unpaired) electrons. The molecular weight excluding hydrogens is 338 g/mol. The second-order valence-corrected chi connectivity index (χ2v) is 8.02. The van der Waals surface area contributed by atoms with Crippen molar-refractivity contribution >= 4 is 17.3 Å². The fourth-order valence-electron chi connectivity index (χ4n) is 4.17. The molecule has 1 atom stereocenters. The smallest absolute Gasteiger partial charge is 0.308 e. The van der Waals surface area contributed by atoms with Crippen molar-refractivity contribution in [3.8, 4) is 11.5 Å². The molecule has 2 aromatic rings. The molecule has 0 amide bonds. The fraction of sp³-hybridized carbons (Fsp3) is 0.421. The average molecular weight is 359 g/mol. The molecule has 0 bridgehead atoms. The Morgan fingerprint density at radius 3 is 2.92 bits per heavy atom. The first-order valence-corrected chi connectivity index (χ1v) is 9.25. The van der Waals surface area contributed by atoms with Gasteiger partial charge in [-0.1, -0.05) is 0 Å². The first-order valence-electron chi connectivity index (χ1n) is 8.43. The highest BCUT2D eigenvalue weighted by Crippen LogP contribution is 2.46. The SMILES string of the molecule is COc1cc2c(c(C)c1O)[C@@H]1Cc3sc(CC(=O)O)cc3CN1CC2. The van der Waals surface area contributed by atoms with Crippen LogP contribution in [0.15, 0.2) is 12.1 Å². The molecule has 0 spiro atoms. The molecule has 0 fully saturated rings. The van der Waals surface area contributed by atoms with Crippen molar-refractivity contribution in [3.05, 3.63) is 44.1 Å². The second kappa shape index (κ2) is 6.04. The van der Waals surface area contributed by atoms with Crippen LogP contribution in [0.1, 0.15) is 38.0 Å². The molecule has 5 nitrogen and oxygen atoms in total. The Balaban J connectivity index is 1.73. The van der Waals surface area contributed by atoms with Crippen molar-refractivity contribution in [2.24, 2.45) is 0 Å². The molecular formula is C19H21NO4S. The van der Waals surface area contributed by atoms with Gasteiger partial charge in [-0.15, -0.1) is 11.3 Å². The fourth-order valence-corrected chi connectivity index (χ4v) is 5.38. The molecule has 2 N–H and O–H groups in total. The number of phenolic OH excluding ortho intramolecular Hbond substituents is 1. The van der Waals surface area contributed by atoms with Crippen LogP contribution < -0.4 is 4.74 Å². The number of hydrogen-bond donors (Lipinski definition) is 2. The first-order chi connectivity index (χ1) is 12.0.